The van der Waals surface area contributed by atoms with Gasteiger partial charge in [0.05, 0.1) is 6.04 Å². The number of thiophene rings is 1. The number of nitrogens with zero attached hydrogens (tertiary/aromatic N) is 2. The first-order valence-electron chi connectivity index (χ1n) is 6.56. The van der Waals surface area contributed by atoms with Crippen molar-refractivity contribution >= 4 is 27.2 Å². The fourth-order valence-corrected chi connectivity index (χ4v) is 3.58. The summed E-state index contributed by atoms with van der Waals surface area (Å²) in [5.74, 6) is 0.252. The molecule has 1 saturated heterocycles. The zero-order valence-electron chi connectivity index (χ0n) is 11.3. The summed E-state index contributed by atoms with van der Waals surface area (Å²) in [7, 11) is 4.13. The molecule has 0 N–H and O–H groups in total. The number of fused-ring (bicyclic) bond motifs is 1. The lowest BCUT2D eigenvalue weighted by molar-refractivity contribution is 0.0688. The Balaban J connectivity index is 1.97. The fourth-order valence-electron chi connectivity index (χ4n) is 2.66. The van der Waals surface area contributed by atoms with E-state index in [4.69, 9.17) is 0 Å². The molecule has 19 heavy (non-hydrogen) atoms. The maximum absolute atomic E-state index is 12.8. The van der Waals surface area contributed by atoms with Gasteiger partial charge in [-0.05, 0) is 37.0 Å². The quantitative estimate of drug-likeness (QED) is 0.785. The second-order valence-electron chi connectivity index (χ2n) is 5.27. The molecule has 1 aromatic carbocycles. The van der Waals surface area contributed by atoms with Crippen LogP contribution in [0.25, 0.3) is 10.1 Å². The van der Waals surface area contributed by atoms with Gasteiger partial charge in [0, 0.05) is 29.9 Å². The third-order valence-corrected chi connectivity index (χ3v) is 4.86. The number of rotatable bonds is 2. The van der Waals surface area contributed by atoms with Crippen LogP contribution < -0.4 is 0 Å². The monoisotopic (exact) mass is 274 g/mol. The first-order chi connectivity index (χ1) is 9.16. The summed E-state index contributed by atoms with van der Waals surface area (Å²) in [5, 5.41) is 3.22. The van der Waals surface area contributed by atoms with E-state index in [2.05, 4.69) is 34.4 Å². The molecule has 1 aliphatic rings. The summed E-state index contributed by atoms with van der Waals surface area (Å²) in [4.78, 5) is 17.2. The number of likely N-dealkylation sites (N-methyl/N-ethyl adjacent to an activating group) is 2. The maximum atomic E-state index is 12.8. The number of hydrogen-bond donors (Lipinski definition) is 0. The normalized spacial score (nSPS) is 21.9. The number of carbonyl (C=O) groups is 1. The highest BCUT2D eigenvalue weighted by molar-refractivity contribution is 7.17. The number of ketones is 1. The molecule has 1 atom stereocenters. The molecule has 100 valence electrons. The van der Waals surface area contributed by atoms with Gasteiger partial charge in [0.15, 0.2) is 5.78 Å². The zero-order chi connectivity index (χ0) is 13.4. The molecular weight excluding hydrogens is 256 g/mol. The van der Waals surface area contributed by atoms with Crippen molar-refractivity contribution in [3.63, 3.8) is 0 Å². The van der Waals surface area contributed by atoms with Gasteiger partial charge in [-0.2, -0.15) is 0 Å². The molecule has 2 heterocycles. The minimum Gasteiger partial charge on any atom is -0.303 e. The van der Waals surface area contributed by atoms with Crippen LogP contribution in [-0.4, -0.2) is 55.4 Å². The Morgan fingerprint density at radius 3 is 2.95 bits per heavy atom. The van der Waals surface area contributed by atoms with Gasteiger partial charge in [-0.3, -0.25) is 9.69 Å². The lowest BCUT2D eigenvalue weighted by atomic mass is 10.00. The van der Waals surface area contributed by atoms with Gasteiger partial charge in [-0.25, -0.2) is 0 Å². The predicted molar refractivity (Wildman–Crippen MR) is 80.1 cm³/mol. The van der Waals surface area contributed by atoms with Crippen LogP contribution in [0.1, 0.15) is 10.4 Å². The summed E-state index contributed by atoms with van der Waals surface area (Å²) in [5.41, 5.74) is 0.875. The molecule has 1 fully saturated rings. The molecule has 0 bridgehead atoms. The van der Waals surface area contributed by atoms with Crippen LogP contribution in [0.5, 0.6) is 0 Å². The molecule has 1 unspecified atom stereocenters. The lowest BCUT2D eigenvalue weighted by Crippen LogP contribution is -2.53. The number of Topliss-reactive ketones (excluding diaryl/α,β-unsaturated/α-hetero) is 1. The standard InChI is InChI=1S/C15H18N2OS/c1-16-7-8-17(2)13(10-16)14(18)12-5-3-4-11-6-9-19-15(11)12/h3-6,9,13H,7-8,10H2,1-2H3. The topological polar surface area (TPSA) is 23.6 Å². The van der Waals surface area contributed by atoms with Crippen molar-refractivity contribution in [2.45, 2.75) is 6.04 Å². The molecule has 1 aliphatic heterocycles. The predicted octanol–water partition coefficient (Wildman–Crippen LogP) is 2.33. The minimum absolute atomic E-state index is 0.0218. The summed E-state index contributed by atoms with van der Waals surface area (Å²) >= 11 is 1.66. The average molecular weight is 274 g/mol. The van der Waals surface area contributed by atoms with Gasteiger partial charge in [0.1, 0.15) is 0 Å². The third kappa shape index (κ3) is 2.31. The SMILES string of the molecule is CN1CCN(C)C(C(=O)c2cccc3ccsc23)C1. The summed E-state index contributed by atoms with van der Waals surface area (Å²) in [6, 6.07) is 8.07. The first kappa shape index (κ1) is 12.8. The highest BCUT2D eigenvalue weighted by Crippen LogP contribution is 2.26. The van der Waals surface area contributed by atoms with E-state index in [9.17, 15) is 4.79 Å². The van der Waals surface area contributed by atoms with Gasteiger partial charge in [0.2, 0.25) is 0 Å². The Morgan fingerprint density at radius 2 is 2.11 bits per heavy atom. The highest BCUT2D eigenvalue weighted by atomic mass is 32.1. The van der Waals surface area contributed by atoms with E-state index < -0.39 is 0 Å². The van der Waals surface area contributed by atoms with E-state index >= 15 is 0 Å². The molecule has 0 saturated carbocycles. The molecular formula is C15H18N2OS. The smallest absolute Gasteiger partial charge is 0.182 e. The lowest BCUT2D eigenvalue weighted by Gasteiger charge is -2.36. The van der Waals surface area contributed by atoms with E-state index in [0.717, 1.165) is 29.9 Å². The molecule has 3 nitrogen and oxygen atoms in total. The molecule has 0 spiro atoms. The Hall–Kier alpha value is -1.23. The van der Waals surface area contributed by atoms with Crippen LogP contribution >= 0.6 is 11.3 Å². The number of hydrogen-bond acceptors (Lipinski definition) is 4. The fraction of sp³-hybridized carbons (Fsp3) is 0.400. The van der Waals surface area contributed by atoms with Crippen LogP contribution in [-0.2, 0) is 0 Å². The van der Waals surface area contributed by atoms with Gasteiger partial charge < -0.3 is 4.90 Å². The maximum Gasteiger partial charge on any atom is 0.182 e. The van der Waals surface area contributed by atoms with Crippen molar-refractivity contribution in [3.8, 4) is 0 Å². The Bertz CT molecular complexity index is 607. The van der Waals surface area contributed by atoms with E-state index in [0.29, 0.717) is 0 Å². The van der Waals surface area contributed by atoms with Crippen LogP contribution in [0, 0.1) is 0 Å². The van der Waals surface area contributed by atoms with Gasteiger partial charge in [-0.15, -0.1) is 11.3 Å². The largest absolute Gasteiger partial charge is 0.303 e. The molecule has 1 aromatic heterocycles. The van der Waals surface area contributed by atoms with Crippen LogP contribution in [0.15, 0.2) is 29.6 Å². The number of benzene rings is 1. The van der Waals surface area contributed by atoms with Crippen molar-refractivity contribution in [3.05, 3.63) is 35.2 Å². The Kier molecular flexibility index (Phi) is 3.39. The second kappa shape index (κ2) is 5.04. The average Bonchev–Trinajstić information content (AvgIpc) is 2.89. The van der Waals surface area contributed by atoms with E-state index in [1.807, 2.05) is 19.2 Å². The van der Waals surface area contributed by atoms with E-state index in [1.54, 1.807) is 11.3 Å². The molecule has 0 radical (unpaired) electrons. The van der Waals surface area contributed by atoms with Crippen molar-refractivity contribution in [1.29, 1.82) is 0 Å². The molecule has 0 amide bonds. The van der Waals surface area contributed by atoms with Crippen LogP contribution in [0.2, 0.25) is 0 Å². The Labute approximate surface area is 117 Å². The summed E-state index contributed by atoms with van der Waals surface area (Å²) in [6.45, 7) is 2.80. The van der Waals surface area contributed by atoms with Crippen molar-refractivity contribution < 1.29 is 4.79 Å². The van der Waals surface area contributed by atoms with Gasteiger partial charge in [-0.1, -0.05) is 12.1 Å². The first-order valence-corrected chi connectivity index (χ1v) is 7.44. The summed E-state index contributed by atoms with van der Waals surface area (Å²) in [6.07, 6.45) is 0. The summed E-state index contributed by atoms with van der Waals surface area (Å²) < 4.78 is 1.12. The van der Waals surface area contributed by atoms with Crippen molar-refractivity contribution in [2.24, 2.45) is 0 Å². The van der Waals surface area contributed by atoms with E-state index in [-0.39, 0.29) is 11.8 Å². The molecule has 3 rings (SSSR count). The van der Waals surface area contributed by atoms with Crippen LogP contribution in [0.3, 0.4) is 0 Å². The zero-order valence-corrected chi connectivity index (χ0v) is 12.1. The number of carbonyl (C=O) groups excluding carboxylic acids is 1. The molecule has 2 aromatic rings. The highest BCUT2D eigenvalue weighted by Gasteiger charge is 2.30. The second-order valence-corrected chi connectivity index (χ2v) is 6.18. The minimum atomic E-state index is -0.0218. The van der Waals surface area contributed by atoms with Crippen LogP contribution in [0.4, 0.5) is 0 Å². The van der Waals surface area contributed by atoms with Crippen molar-refractivity contribution in [1.82, 2.24) is 9.80 Å². The molecule has 4 heteroatoms. The Morgan fingerprint density at radius 1 is 1.26 bits per heavy atom. The third-order valence-electron chi connectivity index (χ3n) is 3.90. The van der Waals surface area contributed by atoms with Gasteiger partial charge in [0.25, 0.3) is 0 Å². The van der Waals surface area contributed by atoms with Gasteiger partial charge >= 0.3 is 0 Å². The molecule has 0 aliphatic carbocycles. The number of piperazine rings is 1. The van der Waals surface area contributed by atoms with E-state index in [1.165, 1.54) is 5.39 Å². The van der Waals surface area contributed by atoms with Crippen molar-refractivity contribution in [2.75, 3.05) is 33.7 Å².